The molecule has 3 heterocycles. The second-order valence-corrected chi connectivity index (χ2v) is 8.20. The Bertz CT molecular complexity index is 1360. The summed E-state index contributed by atoms with van der Waals surface area (Å²) in [5, 5.41) is 9.86. The Balaban J connectivity index is 1.74. The molecule has 0 saturated heterocycles. The summed E-state index contributed by atoms with van der Waals surface area (Å²) in [6, 6.07) is 22.2. The zero-order chi connectivity index (χ0) is 23.7. The second-order valence-electron chi connectivity index (χ2n) is 8.20. The maximum absolute atomic E-state index is 13.9. The van der Waals surface area contributed by atoms with Crippen LogP contribution in [0.1, 0.15) is 17.3 Å². The molecule has 0 radical (unpaired) electrons. The number of hydrogen-bond acceptors (Lipinski definition) is 4. The summed E-state index contributed by atoms with van der Waals surface area (Å²) >= 11 is 0. The summed E-state index contributed by atoms with van der Waals surface area (Å²) < 4.78 is 8.65. The van der Waals surface area contributed by atoms with Crippen molar-refractivity contribution in [3.63, 3.8) is 0 Å². The van der Waals surface area contributed by atoms with E-state index in [4.69, 9.17) is 4.74 Å². The van der Waals surface area contributed by atoms with Gasteiger partial charge in [-0.1, -0.05) is 36.4 Å². The molecule has 0 saturated carbocycles. The van der Waals surface area contributed by atoms with Gasteiger partial charge in [0, 0.05) is 12.7 Å². The fourth-order valence-corrected chi connectivity index (χ4v) is 4.59. The lowest BCUT2D eigenvalue weighted by Gasteiger charge is -2.32. The first-order chi connectivity index (χ1) is 16.6. The van der Waals surface area contributed by atoms with Gasteiger partial charge in [-0.25, -0.2) is 9.59 Å². The largest absolute Gasteiger partial charge is 0.497 e. The molecule has 1 aliphatic heterocycles. The van der Waals surface area contributed by atoms with Crippen LogP contribution in [0.5, 0.6) is 5.75 Å². The van der Waals surface area contributed by atoms with Crippen LogP contribution in [0.2, 0.25) is 0 Å². The fourth-order valence-electron chi connectivity index (χ4n) is 4.59. The van der Waals surface area contributed by atoms with E-state index in [1.54, 1.807) is 34.6 Å². The molecule has 1 N–H and O–H groups in total. The van der Waals surface area contributed by atoms with Crippen molar-refractivity contribution in [3.8, 4) is 22.8 Å². The molecule has 8 heteroatoms. The van der Waals surface area contributed by atoms with E-state index in [0.29, 0.717) is 34.9 Å². The van der Waals surface area contributed by atoms with Crippen molar-refractivity contribution in [2.24, 2.45) is 0 Å². The average molecular weight is 457 g/mol. The molecular weight excluding hydrogens is 432 g/mol. The van der Waals surface area contributed by atoms with Gasteiger partial charge in [0.05, 0.1) is 42.5 Å². The minimum absolute atomic E-state index is 0.102. The van der Waals surface area contributed by atoms with Gasteiger partial charge in [-0.15, -0.1) is 0 Å². The van der Waals surface area contributed by atoms with E-state index in [9.17, 15) is 14.7 Å². The second kappa shape index (κ2) is 8.90. The van der Waals surface area contributed by atoms with E-state index in [2.05, 4.69) is 4.98 Å². The number of fused-ring (bicyclic) bond motifs is 1. The first kappa shape index (κ1) is 21.5. The highest BCUT2D eigenvalue weighted by molar-refractivity contribution is 5.67. The number of hydrogen-bond donors (Lipinski definition) is 1. The number of nitrogens with zero attached hydrogens (tertiary/aromatic N) is 4. The minimum atomic E-state index is -1.01. The van der Waals surface area contributed by atoms with Gasteiger partial charge in [0.25, 0.3) is 0 Å². The third kappa shape index (κ3) is 3.83. The molecule has 0 bridgehead atoms. The molecule has 1 unspecified atom stereocenters. The van der Waals surface area contributed by atoms with Crippen LogP contribution in [-0.2, 0) is 13.0 Å². The highest BCUT2D eigenvalue weighted by Crippen LogP contribution is 2.32. The van der Waals surface area contributed by atoms with Crippen LogP contribution in [0.25, 0.3) is 17.1 Å². The topological polar surface area (TPSA) is 89.6 Å². The predicted molar refractivity (Wildman–Crippen MR) is 127 cm³/mol. The number of methoxy groups -OCH3 is 1. The van der Waals surface area contributed by atoms with E-state index >= 15 is 0 Å². The Labute approximate surface area is 196 Å². The number of amides is 1. The molecule has 0 spiro atoms. The first-order valence-corrected chi connectivity index (χ1v) is 11.0. The fraction of sp³-hybridized carbons (Fsp3) is 0.192. The molecule has 172 valence electrons. The minimum Gasteiger partial charge on any atom is -0.497 e. The molecule has 2 aromatic heterocycles. The van der Waals surface area contributed by atoms with Gasteiger partial charge in [0.1, 0.15) is 5.75 Å². The van der Waals surface area contributed by atoms with Gasteiger partial charge in [0.15, 0.2) is 0 Å². The highest BCUT2D eigenvalue weighted by atomic mass is 16.5. The molecule has 5 rings (SSSR count). The van der Waals surface area contributed by atoms with Crippen LogP contribution in [0.4, 0.5) is 4.79 Å². The lowest BCUT2D eigenvalue weighted by atomic mass is 10.0. The monoisotopic (exact) mass is 456 g/mol. The standard InChI is InChI=1S/C26H24N4O4/c1-34-21-12-10-19(11-13-21)30-24(22-9-5-6-14-27-22)23-17-28(26(32)33)16-20(29(23)25(30)31)15-18-7-3-2-4-8-18/h2-14,20H,15-17H2,1H3,(H,32,33). The van der Waals surface area contributed by atoms with Crippen LogP contribution in [0, 0.1) is 0 Å². The van der Waals surface area contributed by atoms with Crippen molar-refractivity contribution in [1.29, 1.82) is 0 Å². The van der Waals surface area contributed by atoms with E-state index in [0.717, 1.165) is 5.56 Å². The zero-order valence-corrected chi connectivity index (χ0v) is 18.7. The SMILES string of the molecule is COc1ccc(-n2c(-c3ccccn3)c3n(c2=O)C(Cc2ccccc2)CN(C(=O)O)C3)cc1. The predicted octanol–water partition coefficient (Wildman–Crippen LogP) is 3.99. The molecule has 2 aromatic carbocycles. The van der Waals surface area contributed by atoms with Crippen molar-refractivity contribution in [3.05, 3.63) is 101 Å². The number of carboxylic acid groups (broad SMARTS) is 1. The summed E-state index contributed by atoms with van der Waals surface area (Å²) in [6.07, 6.45) is 1.19. The number of imidazole rings is 1. The summed E-state index contributed by atoms with van der Waals surface area (Å²) in [7, 11) is 1.59. The summed E-state index contributed by atoms with van der Waals surface area (Å²) in [6.45, 7) is 0.330. The van der Waals surface area contributed by atoms with Crippen LogP contribution < -0.4 is 10.4 Å². The Morgan fingerprint density at radius 1 is 1.06 bits per heavy atom. The summed E-state index contributed by atoms with van der Waals surface area (Å²) in [5.41, 5.74) is 3.32. The van der Waals surface area contributed by atoms with E-state index in [1.807, 2.05) is 60.7 Å². The molecule has 1 atom stereocenters. The van der Waals surface area contributed by atoms with Crippen LogP contribution >= 0.6 is 0 Å². The molecule has 4 aromatic rings. The van der Waals surface area contributed by atoms with Crippen molar-refractivity contribution in [2.75, 3.05) is 13.7 Å². The van der Waals surface area contributed by atoms with Crippen LogP contribution in [-0.4, -0.2) is 43.9 Å². The quantitative estimate of drug-likeness (QED) is 0.491. The van der Waals surface area contributed by atoms with Crippen molar-refractivity contribution in [2.45, 2.75) is 19.0 Å². The third-order valence-electron chi connectivity index (χ3n) is 6.14. The van der Waals surface area contributed by atoms with Gasteiger partial charge in [-0.2, -0.15) is 0 Å². The van der Waals surface area contributed by atoms with Gasteiger partial charge in [-0.3, -0.25) is 14.1 Å². The highest BCUT2D eigenvalue weighted by Gasteiger charge is 2.35. The number of carbonyl (C=O) groups is 1. The smallest absolute Gasteiger partial charge is 0.407 e. The lowest BCUT2D eigenvalue weighted by molar-refractivity contribution is 0.122. The first-order valence-electron chi connectivity index (χ1n) is 11.0. The van der Waals surface area contributed by atoms with Gasteiger partial charge in [-0.05, 0) is 48.4 Å². The molecule has 0 aliphatic carbocycles. The number of rotatable bonds is 5. The molecule has 34 heavy (non-hydrogen) atoms. The number of pyridine rings is 1. The van der Waals surface area contributed by atoms with E-state index in [1.165, 1.54) is 4.90 Å². The Hall–Kier alpha value is -4.33. The van der Waals surface area contributed by atoms with Gasteiger partial charge in [0.2, 0.25) is 0 Å². The molecule has 0 fully saturated rings. The van der Waals surface area contributed by atoms with Crippen LogP contribution in [0.15, 0.2) is 83.8 Å². The Morgan fingerprint density at radius 3 is 2.44 bits per heavy atom. The zero-order valence-electron chi connectivity index (χ0n) is 18.7. The van der Waals surface area contributed by atoms with Crippen molar-refractivity contribution >= 4 is 6.09 Å². The van der Waals surface area contributed by atoms with E-state index in [-0.39, 0.29) is 24.8 Å². The Kier molecular flexibility index (Phi) is 5.63. The maximum atomic E-state index is 13.9. The molecule has 1 aliphatic rings. The van der Waals surface area contributed by atoms with Gasteiger partial charge >= 0.3 is 11.8 Å². The molecule has 8 nitrogen and oxygen atoms in total. The summed E-state index contributed by atoms with van der Waals surface area (Å²) in [4.78, 5) is 31.9. The van der Waals surface area contributed by atoms with Gasteiger partial charge < -0.3 is 14.7 Å². The maximum Gasteiger partial charge on any atom is 0.407 e. The number of benzene rings is 2. The average Bonchev–Trinajstić information content (AvgIpc) is 3.17. The number of aromatic nitrogens is 3. The summed E-state index contributed by atoms with van der Waals surface area (Å²) in [5.74, 6) is 0.680. The van der Waals surface area contributed by atoms with Crippen molar-refractivity contribution < 1.29 is 14.6 Å². The normalized spacial score (nSPS) is 15.1. The number of ether oxygens (including phenoxy) is 1. The Morgan fingerprint density at radius 2 is 1.79 bits per heavy atom. The van der Waals surface area contributed by atoms with Crippen molar-refractivity contribution in [1.82, 2.24) is 19.0 Å². The van der Waals surface area contributed by atoms with E-state index < -0.39 is 6.09 Å². The molecule has 1 amide bonds. The molecular formula is C26H24N4O4. The third-order valence-corrected chi connectivity index (χ3v) is 6.14. The lowest BCUT2D eigenvalue weighted by Crippen LogP contribution is -2.44. The van der Waals surface area contributed by atoms with Crippen LogP contribution in [0.3, 0.4) is 0 Å².